The summed E-state index contributed by atoms with van der Waals surface area (Å²) in [7, 11) is 0. The molecule has 3 aromatic heterocycles. The minimum absolute atomic E-state index is 0.210. The standard InChI is InChI=1S/C19H19N7S/c1-11-9-15(27-18-24-23-17(26(18)21)19(2,3)4)25-14-8-6-5-7-13(14)22-16(25)12(11)10-20/h5-9H,21H2,1-4H3. The Morgan fingerprint density at radius 1 is 1.19 bits per heavy atom. The van der Waals surface area contributed by atoms with Crippen LogP contribution in [0.4, 0.5) is 0 Å². The zero-order valence-electron chi connectivity index (χ0n) is 15.6. The molecule has 1 aromatic carbocycles. The van der Waals surface area contributed by atoms with E-state index in [1.807, 2.05) is 62.4 Å². The van der Waals surface area contributed by atoms with Crippen molar-refractivity contribution < 1.29 is 0 Å². The zero-order valence-corrected chi connectivity index (χ0v) is 16.4. The van der Waals surface area contributed by atoms with Crippen LogP contribution < -0.4 is 5.84 Å². The van der Waals surface area contributed by atoms with E-state index in [2.05, 4.69) is 21.3 Å². The third kappa shape index (κ3) is 2.71. The largest absolute Gasteiger partial charge is 0.336 e. The van der Waals surface area contributed by atoms with Crippen molar-refractivity contribution in [3.05, 3.63) is 47.3 Å². The molecule has 136 valence electrons. The molecule has 0 radical (unpaired) electrons. The lowest BCUT2D eigenvalue weighted by atomic mass is 9.96. The summed E-state index contributed by atoms with van der Waals surface area (Å²) in [4.78, 5) is 4.67. The molecule has 3 heterocycles. The molecular weight excluding hydrogens is 358 g/mol. The first-order valence-corrected chi connectivity index (χ1v) is 9.32. The molecular formula is C19H19N7S. The molecule has 2 N–H and O–H groups in total. The van der Waals surface area contributed by atoms with E-state index in [1.165, 1.54) is 16.4 Å². The number of nitrogens with two attached hydrogens (primary N) is 1. The summed E-state index contributed by atoms with van der Waals surface area (Å²) < 4.78 is 3.51. The molecule has 4 aromatic rings. The number of rotatable bonds is 2. The summed E-state index contributed by atoms with van der Waals surface area (Å²) in [5, 5.41) is 19.6. The number of aromatic nitrogens is 5. The topological polar surface area (TPSA) is 97.8 Å². The summed E-state index contributed by atoms with van der Waals surface area (Å²) in [6, 6.07) is 12.1. The van der Waals surface area contributed by atoms with Crippen LogP contribution in [0, 0.1) is 18.3 Å². The molecule has 0 fully saturated rings. The number of para-hydroxylation sites is 2. The quantitative estimate of drug-likeness (QED) is 0.538. The van der Waals surface area contributed by atoms with Crippen LogP contribution in [0.25, 0.3) is 16.7 Å². The van der Waals surface area contributed by atoms with E-state index in [4.69, 9.17) is 5.84 Å². The second-order valence-electron chi connectivity index (χ2n) is 7.44. The average molecular weight is 377 g/mol. The van der Waals surface area contributed by atoms with Crippen molar-refractivity contribution in [3.8, 4) is 6.07 Å². The molecule has 0 spiro atoms. The summed E-state index contributed by atoms with van der Waals surface area (Å²) in [5.74, 6) is 6.97. The molecule has 0 aliphatic carbocycles. The van der Waals surface area contributed by atoms with Gasteiger partial charge in [0.2, 0.25) is 5.16 Å². The van der Waals surface area contributed by atoms with Gasteiger partial charge in [0.1, 0.15) is 6.07 Å². The van der Waals surface area contributed by atoms with Crippen LogP contribution in [-0.4, -0.2) is 24.3 Å². The third-order valence-corrected chi connectivity index (χ3v) is 5.35. The number of imidazole rings is 1. The second kappa shape index (κ2) is 5.99. The Morgan fingerprint density at radius 2 is 1.93 bits per heavy atom. The number of pyridine rings is 1. The summed E-state index contributed by atoms with van der Waals surface area (Å²) in [6.07, 6.45) is 0. The van der Waals surface area contributed by atoms with Gasteiger partial charge >= 0.3 is 0 Å². The molecule has 0 atom stereocenters. The Balaban J connectivity index is 1.95. The highest BCUT2D eigenvalue weighted by atomic mass is 32.2. The average Bonchev–Trinajstić information content (AvgIpc) is 3.16. The molecule has 4 rings (SSSR count). The van der Waals surface area contributed by atoms with Gasteiger partial charge in [0.05, 0.1) is 21.6 Å². The Kier molecular flexibility index (Phi) is 3.86. The number of benzene rings is 1. The SMILES string of the molecule is Cc1cc(Sc2nnc(C(C)(C)C)n2N)n2c(nc3ccccc32)c1C#N. The van der Waals surface area contributed by atoms with Gasteiger partial charge in [-0.1, -0.05) is 32.9 Å². The number of nitrogens with zero attached hydrogens (tertiary/aromatic N) is 6. The summed E-state index contributed by atoms with van der Waals surface area (Å²) in [5.41, 5.74) is 3.64. The van der Waals surface area contributed by atoms with Crippen LogP contribution in [0.3, 0.4) is 0 Å². The van der Waals surface area contributed by atoms with Crippen molar-refractivity contribution >= 4 is 28.4 Å². The van der Waals surface area contributed by atoms with Gasteiger partial charge in [-0.3, -0.25) is 4.40 Å². The lowest BCUT2D eigenvalue weighted by Crippen LogP contribution is -2.24. The van der Waals surface area contributed by atoms with Gasteiger partial charge in [0.25, 0.3) is 0 Å². The van der Waals surface area contributed by atoms with E-state index in [0.717, 1.165) is 21.6 Å². The number of aryl methyl sites for hydroxylation is 1. The molecule has 0 bridgehead atoms. The highest BCUT2D eigenvalue weighted by Crippen LogP contribution is 2.33. The lowest BCUT2D eigenvalue weighted by molar-refractivity contribution is 0.523. The van der Waals surface area contributed by atoms with Crippen molar-refractivity contribution in [3.63, 3.8) is 0 Å². The number of nitrogen functional groups attached to an aromatic ring is 1. The smallest absolute Gasteiger partial charge is 0.216 e. The Morgan fingerprint density at radius 3 is 2.59 bits per heavy atom. The second-order valence-corrected chi connectivity index (χ2v) is 8.43. The maximum Gasteiger partial charge on any atom is 0.216 e. The molecule has 0 aliphatic rings. The fourth-order valence-corrected chi connectivity index (χ4v) is 4.05. The van der Waals surface area contributed by atoms with Gasteiger partial charge in [-0.05, 0) is 42.4 Å². The van der Waals surface area contributed by atoms with Gasteiger partial charge < -0.3 is 5.84 Å². The number of nitriles is 1. The van der Waals surface area contributed by atoms with Gasteiger partial charge in [-0.15, -0.1) is 10.2 Å². The van der Waals surface area contributed by atoms with Gasteiger partial charge in [0.15, 0.2) is 11.5 Å². The van der Waals surface area contributed by atoms with E-state index in [9.17, 15) is 5.26 Å². The zero-order chi connectivity index (χ0) is 19.3. The predicted octanol–water partition coefficient (Wildman–Crippen LogP) is 3.42. The van der Waals surface area contributed by atoms with Crippen molar-refractivity contribution in [2.45, 2.75) is 43.3 Å². The molecule has 0 amide bonds. The van der Waals surface area contributed by atoms with Crippen molar-refractivity contribution in [1.29, 1.82) is 5.26 Å². The molecule has 0 saturated heterocycles. The monoisotopic (exact) mass is 377 g/mol. The molecule has 0 unspecified atom stereocenters. The fourth-order valence-electron chi connectivity index (χ4n) is 3.08. The van der Waals surface area contributed by atoms with Crippen molar-refractivity contribution in [1.82, 2.24) is 24.3 Å². The van der Waals surface area contributed by atoms with E-state index in [0.29, 0.717) is 22.2 Å². The molecule has 7 nitrogen and oxygen atoms in total. The molecule has 0 saturated carbocycles. The van der Waals surface area contributed by atoms with E-state index >= 15 is 0 Å². The van der Waals surface area contributed by atoms with Crippen LogP contribution in [0.15, 0.2) is 40.5 Å². The Hall–Kier alpha value is -3.05. The maximum atomic E-state index is 9.60. The number of hydrogen-bond acceptors (Lipinski definition) is 6. The first-order chi connectivity index (χ1) is 12.8. The van der Waals surface area contributed by atoms with Crippen LogP contribution in [-0.2, 0) is 5.41 Å². The van der Waals surface area contributed by atoms with Gasteiger partial charge in [-0.25, -0.2) is 9.66 Å². The first-order valence-electron chi connectivity index (χ1n) is 8.51. The highest BCUT2D eigenvalue weighted by Gasteiger charge is 2.24. The highest BCUT2D eigenvalue weighted by molar-refractivity contribution is 7.99. The van der Waals surface area contributed by atoms with Crippen LogP contribution in [0.2, 0.25) is 0 Å². The first kappa shape index (κ1) is 17.4. The Labute approximate surface area is 160 Å². The maximum absolute atomic E-state index is 9.60. The van der Waals surface area contributed by atoms with Crippen LogP contribution in [0.5, 0.6) is 0 Å². The molecule has 8 heteroatoms. The number of fused-ring (bicyclic) bond motifs is 3. The van der Waals surface area contributed by atoms with E-state index in [1.54, 1.807) is 0 Å². The van der Waals surface area contributed by atoms with Crippen LogP contribution in [0.1, 0.15) is 37.7 Å². The molecule has 27 heavy (non-hydrogen) atoms. The van der Waals surface area contributed by atoms with Crippen molar-refractivity contribution in [2.24, 2.45) is 0 Å². The minimum Gasteiger partial charge on any atom is -0.336 e. The fraction of sp³-hybridized carbons (Fsp3) is 0.263. The minimum atomic E-state index is -0.210. The number of hydrogen-bond donors (Lipinski definition) is 1. The normalized spacial score (nSPS) is 12.0. The summed E-state index contributed by atoms with van der Waals surface area (Å²) in [6.45, 7) is 8.04. The van der Waals surface area contributed by atoms with E-state index in [-0.39, 0.29) is 5.41 Å². The van der Waals surface area contributed by atoms with E-state index < -0.39 is 0 Å². The summed E-state index contributed by atoms with van der Waals surface area (Å²) >= 11 is 1.41. The van der Waals surface area contributed by atoms with Gasteiger partial charge in [-0.2, -0.15) is 5.26 Å². The van der Waals surface area contributed by atoms with Crippen molar-refractivity contribution in [2.75, 3.05) is 5.84 Å². The predicted molar refractivity (Wildman–Crippen MR) is 105 cm³/mol. The van der Waals surface area contributed by atoms with Crippen LogP contribution >= 0.6 is 11.8 Å². The molecule has 0 aliphatic heterocycles. The Bertz CT molecular complexity index is 1220. The third-order valence-electron chi connectivity index (χ3n) is 4.38. The van der Waals surface area contributed by atoms with Gasteiger partial charge in [0, 0.05) is 5.41 Å². The lowest BCUT2D eigenvalue weighted by Gasteiger charge is -2.16.